The van der Waals surface area contributed by atoms with Crippen molar-refractivity contribution in [1.29, 1.82) is 0 Å². The van der Waals surface area contributed by atoms with Crippen molar-refractivity contribution in [3.05, 3.63) is 29.8 Å². The van der Waals surface area contributed by atoms with Crippen LogP contribution in [0.5, 0.6) is 5.75 Å². The molecule has 628 valence electrons. The van der Waals surface area contributed by atoms with Crippen LogP contribution in [0.2, 0.25) is 0 Å². The Morgan fingerprint density at radius 1 is 0.429 bits per heavy atom. The molecule has 0 fully saturated rings. The highest BCUT2D eigenvalue weighted by atomic mass is 16.4. The number of aliphatic carboxylic acids is 3. The number of aliphatic imine (C=N–C) groups is 2. The third kappa shape index (κ3) is 38.2. The lowest BCUT2D eigenvalue weighted by Gasteiger charge is -2.30. The second-order valence-corrected chi connectivity index (χ2v) is 27.0. The molecule has 0 radical (unpaired) electrons. The molecule has 32 N–H and O–H groups in total. The number of benzene rings is 1. The Balaban J connectivity index is 3.56. The van der Waals surface area contributed by atoms with E-state index in [0.29, 0.717) is 31.4 Å². The maximum absolute atomic E-state index is 14.6. The summed E-state index contributed by atoms with van der Waals surface area (Å²) in [5.74, 6) is -22.6. The number of carbonyl (C=O) groups excluding carboxylic acids is 14. The van der Waals surface area contributed by atoms with Crippen molar-refractivity contribution in [2.24, 2.45) is 67.9 Å². The largest absolute Gasteiger partial charge is 0.508 e. The van der Waals surface area contributed by atoms with Crippen molar-refractivity contribution in [1.82, 2.24) is 69.1 Å². The Hall–Kier alpha value is -11.6. The van der Waals surface area contributed by atoms with Crippen LogP contribution in [0.15, 0.2) is 34.3 Å². The molecule has 14 amide bonds. The number of primary amides is 1. The topological polar surface area (TPSA) is 755 Å². The number of carboxylic acid groups (broad SMARTS) is 3. The van der Waals surface area contributed by atoms with E-state index in [0.717, 1.165) is 13.8 Å². The molecular formula is C68H114N22O22. The predicted molar refractivity (Wildman–Crippen MR) is 401 cm³/mol. The number of carbonyl (C=O) groups is 17. The number of carboxylic acids is 3. The quantitative estimate of drug-likeness (QED) is 0.0164. The average molecular weight is 1590 g/mol. The van der Waals surface area contributed by atoms with Gasteiger partial charge in [0.15, 0.2) is 11.9 Å². The molecule has 0 saturated heterocycles. The monoisotopic (exact) mass is 1590 g/mol. The number of phenols is 1. The molecule has 0 aliphatic carbocycles. The van der Waals surface area contributed by atoms with Gasteiger partial charge < -0.3 is 135 Å². The number of unbranched alkanes of at least 4 members (excludes halogenated alkanes) is 1. The summed E-state index contributed by atoms with van der Waals surface area (Å²) >= 11 is 0. The molecule has 0 aliphatic heterocycles. The van der Waals surface area contributed by atoms with Crippen LogP contribution in [0, 0.1) is 17.8 Å². The van der Waals surface area contributed by atoms with E-state index < -0.39 is 236 Å². The third-order valence-corrected chi connectivity index (χ3v) is 17.3. The number of nitrogens with two attached hydrogens (primary N) is 7. The average Bonchev–Trinajstić information content (AvgIpc) is 0.849. The number of phenolic OH excluding ortho intramolecular Hbond substituents is 1. The first-order valence-electron chi connectivity index (χ1n) is 36.3. The van der Waals surface area contributed by atoms with Gasteiger partial charge in [0.25, 0.3) is 0 Å². The molecule has 44 heteroatoms. The number of aliphatic hydroxyl groups is 1. The van der Waals surface area contributed by atoms with Crippen molar-refractivity contribution < 1.29 is 107 Å². The van der Waals surface area contributed by atoms with Crippen LogP contribution in [0.25, 0.3) is 0 Å². The van der Waals surface area contributed by atoms with Crippen molar-refractivity contribution in [2.75, 3.05) is 32.7 Å². The highest BCUT2D eigenvalue weighted by molar-refractivity contribution is 6.01. The van der Waals surface area contributed by atoms with Crippen molar-refractivity contribution >= 4 is 113 Å². The van der Waals surface area contributed by atoms with Crippen LogP contribution in [0.1, 0.15) is 144 Å². The van der Waals surface area contributed by atoms with Gasteiger partial charge in [-0.2, -0.15) is 0 Å². The zero-order valence-electron chi connectivity index (χ0n) is 64.1. The zero-order valence-corrected chi connectivity index (χ0v) is 64.1. The lowest BCUT2D eigenvalue weighted by atomic mass is 9.94. The van der Waals surface area contributed by atoms with E-state index in [1.54, 1.807) is 27.7 Å². The summed E-state index contributed by atoms with van der Waals surface area (Å²) in [5, 5.41) is 80.0. The smallest absolute Gasteiger partial charge is 0.326 e. The summed E-state index contributed by atoms with van der Waals surface area (Å²) in [4.78, 5) is 235. The van der Waals surface area contributed by atoms with Crippen LogP contribution in [-0.2, 0) is 87.9 Å². The second kappa shape index (κ2) is 51.0. The first-order valence-corrected chi connectivity index (χ1v) is 36.3. The molecule has 0 heterocycles. The van der Waals surface area contributed by atoms with Crippen LogP contribution in [0.4, 0.5) is 0 Å². The summed E-state index contributed by atoms with van der Waals surface area (Å²) in [6, 6.07) is -14.0. The first-order chi connectivity index (χ1) is 52.5. The van der Waals surface area contributed by atoms with E-state index in [1.807, 2.05) is 0 Å². The minimum Gasteiger partial charge on any atom is -0.508 e. The van der Waals surface area contributed by atoms with Crippen molar-refractivity contribution in [2.45, 2.75) is 224 Å². The molecule has 0 aliphatic rings. The number of hydrogen-bond acceptors (Lipinski definition) is 23. The van der Waals surface area contributed by atoms with Crippen molar-refractivity contribution in [3.8, 4) is 5.75 Å². The fraction of sp³-hybridized carbons (Fsp3) is 0.632. The van der Waals surface area contributed by atoms with Crippen LogP contribution in [-0.4, -0.2) is 249 Å². The number of hydrogen-bond donors (Lipinski definition) is 25. The van der Waals surface area contributed by atoms with Gasteiger partial charge in [-0.1, -0.05) is 72.9 Å². The number of nitrogens with zero attached hydrogens (tertiary/aromatic N) is 2. The molecule has 0 spiro atoms. The zero-order chi connectivity index (χ0) is 85.2. The molecule has 0 saturated carbocycles. The third-order valence-electron chi connectivity index (χ3n) is 17.3. The highest BCUT2D eigenvalue weighted by Crippen LogP contribution is 2.16. The minimum atomic E-state index is -2.05. The molecule has 1 rings (SSSR count). The number of guanidine groups is 2. The summed E-state index contributed by atoms with van der Waals surface area (Å²) in [6.07, 6.45) is -4.13. The predicted octanol–water partition coefficient (Wildman–Crippen LogP) is -8.49. The van der Waals surface area contributed by atoms with Crippen LogP contribution < -0.4 is 109 Å². The van der Waals surface area contributed by atoms with Gasteiger partial charge in [0.05, 0.1) is 38.1 Å². The maximum atomic E-state index is 14.6. The van der Waals surface area contributed by atoms with Gasteiger partial charge in [-0.3, -0.25) is 86.7 Å². The molecule has 112 heavy (non-hydrogen) atoms. The lowest BCUT2D eigenvalue weighted by Crippen LogP contribution is -2.62. The SMILES string of the molecule is CC[C@H](C)[C@H](NC(=O)[C@H](CCCN=C(N)N)NC(=O)[C@H](CCCN=C(N)N)NC(=O)[C@H](CC(N)=O)NC(=O)[C@H](C)NC(=O)[C@H](CC(=O)O)NC(=O)[C@@H](NC(=O)[C@@H](NC(=O)[C@H](CCC(=O)O)NC(=O)CNC(=O)[C@@H](N)CCCCN)[C@@H](C)O)C(C)C)C(=O)N[C@H](C(=O)NCC(=O)N[C@@H](Cc1ccc(O)cc1)C(=O)O)[C@@H](C)CC. The standard InChI is InChI=1S/C68H114N22O22/c1-9-33(5)52(62(107)79-31-48(95)82-45(66(111)112)27-37-18-20-38(92)21-19-37)89-64(109)53(34(6)10-2)88-58(103)41(17-14-26-77-68(74)75)83-57(102)40(16-13-25-76-67(72)73)84-61(106)43(28-46(71)93)85-55(100)35(7)80-60(105)44(29-50(98)99)86-63(108)51(32(3)4)87-65(110)54(36(8)91)90-59(104)42(22-23-49(96)97)81-47(94)30-78-56(101)39(70)15-11-12-24-69/h18-21,32-36,39-45,51-54,91-92H,9-17,22-31,69-70H2,1-8H3,(H2,71,93)(H,78,101)(H,79,107)(H,80,105)(H,81,94)(H,82,95)(H,83,102)(H,84,106)(H,85,100)(H,86,108)(H,87,110)(H,88,103)(H,89,109)(H,90,104)(H,96,97)(H,98,99)(H,111,112)(H4,72,73,76)(H4,74,75,77)/t33-,34-,35-,36+,39-,40-,41-,42-,43-,44-,45-,51-,52-,53-,54-/m0/s1. The Kier molecular flexibility index (Phi) is 44.8. The second-order valence-electron chi connectivity index (χ2n) is 27.0. The molecular weight excluding hydrogens is 1480 g/mol. The van der Waals surface area contributed by atoms with E-state index in [1.165, 1.54) is 38.1 Å². The van der Waals surface area contributed by atoms with Gasteiger partial charge in [0.1, 0.15) is 72.2 Å². The van der Waals surface area contributed by atoms with E-state index in [-0.39, 0.29) is 75.7 Å². The van der Waals surface area contributed by atoms with Gasteiger partial charge in [-0.05, 0) is 101 Å². The van der Waals surface area contributed by atoms with Gasteiger partial charge >= 0.3 is 17.9 Å². The summed E-state index contributed by atoms with van der Waals surface area (Å²) < 4.78 is 0. The first kappa shape index (κ1) is 98.4. The van der Waals surface area contributed by atoms with E-state index in [9.17, 15) is 107 Å². The number of nitrogens with one attached hydrogen (secondary N) is 13. The summed E-state index contributed by atoms with van der Waals surface area (Å²) in [7, 11) is 0. The summed E-state index contributed by atoms with van der Waals surface area (Å²) in [5.41, 5.74) is 39.5. The van der Waals surface area contributed by atoms with Gasteiger partial charge in [-0.25, -0.2) is 4.79 Å². The number of rotatable bonds is 54. The Morgan fingerprint density at radius 3 is 1.30 bits per heavy atom. The fourth-order valence-electron chi connectivity index (χ4n) is 10.5. The molecule has 0 aromatic heterocycles. The lowest BCUT2D eigenvalue weighted by molar-refractivity contribution is -0.142. The molecule has 0 bridgehead atoms. The van der Waals surface area contributed by atoms with Gasteiger partial charge in [-0.15, -0.1) is 0 Å². The van der Waals surface area contributed by atoms with Crippen LogP contribution in [0.3, 0.4) is 0 Å². The molecule has 1 aromatic carbocycles. The molecule has 0 unspecified atom stereocenters. The van der Waals surface area contributed by atoms with Gasteiger partial charge in [0, 0.05) is 25.9 Å². The van der Waals surface area contributed by atoms with E-state index in [4.69, 9.17) is 40.1 Å². The summed E-state index contributed by atoms with van der Waals surface area (Å²) in [6.45, 7) is 10.2. The molecule has 1 aromatic rings. The Labute approximate surface area is 646 Å². The number of aliphatic hydroxyl groups excluding tert-OH is 1. The van der Waals surface area contributed by atoms with Crippen LogP contribution >= 0.6 is 0 Å². The Bertz CT molecular complexity index is 3450. The minimum absolute atomic E-state index is 0.00580. The molecule has 44 nitrogen and oxygen atoms in total. The maximum Gasteiger partial charge on any atom is 0.326 e. The van der Waals surface area contributed by atoms with E-state index >= 15 is 0 Å². The fourth-order valence-corrected chi connectivity index (χ4v) is 10.5. The number of amides is 14. The normalized spacial score (nSPS) is 15.0. The highest BCUT2D eigenvalue weighted by Gasteiger charge is 2.39. The Morgan fingerprint density at radius 2 is 0.839 bits per heavy atom. The molecule has 15 atom stereocenters. The van der Waals surface area contributed by atoms with Gasteiger partial charge in [0.2, 0.25) is 82.7 Å². The van der Waals surface area contributed by atoms with Crippen molar-refractivity contribution in [3.63, 3.8) is 0 Å². The number of aromatic hydroxyl groups is 1. The van der Waals surface area contributed by atoms with E-state index in [2.05, 4.69) is 79.1 Å².